The Morgan fingerprint density at radius 1 is 0.630 bits per heavy atom. The molecule has 0 N–H and O–H groups in total. The fourth-order valence-electron chi connectivity index (χ4n) is 2.88. The van der Waals surface area contributed by atoms with E-state index in [4.69, 9.17) is 9.47 Å². The van der Waals surface area contributed by atoms with Crippen LogP contribution in [0.5, 0.6) is 0 Å². The number of benzene rings is 2. The Kier molecular flexibility index (Phi) is 4.29. The zero-order valence-electron chi connectivity index (χ0n) is 16.0. The van der Waals surface area contributed by atoms with E-state index in [2.05, 4.69) is 15.0 Å². The van der Waals surface area contributed by atoms with E-state index >= 15 is 0 Å². The Bertz CT molecular complexity index is 867. The number of aromatic nitrogens is 3. The molecular weight excluding hydrogens is 338 g/mol. The number of nitrogens with zero attached hydrogens (tertiary/aromatic N) is 3. The van der Waals surface area contributed by atoms with Crippen molar-refractivity contribution in [3.63, 3.8) is 0 Å². The van der Waals surface area contributed by atoms with Crippen molar-refractivity contribution in [3.05, 3.63) is 66.5 Å². The molecule has 1 saturated heterocycles. The highest BCUT2D eigenvalue weighted by Gasteiger charge is 2.50. The molecule has 5 nitrogen and oxygen atoms in total. The summed E-state index contributed by atoms with van der Waals surface area (Å²) in [5, 5.41) is 0. The highest BCUT2D eigenvalue weighted by atomic mass is 16.7. The van der Waals surface area contributed by atoms with Crippen molar-refractivity contribution in [2.75, 3.05) is 0 Å². The fourth-order valence-corrected chi connectivity index (χ4v) is 2.88. The Balaban J connectivity index is 1.82. The zero-order chi connectivity index (χ0) is 19.1. The molecule has 2 heterocycles. The van der Waals surface area contributed by atoms with Crippen LogP contribution in [-0.2, 0) is 9.47 Å². The van der Waals surface area contributed by atoms with Crippen molar-refractivity contribution in [1.29, 1.82) is 0 Å². The van der Waals surface area contributed by atoms with Gasteiger partial charge in [0.2, 0.25) is 6.29 Å². The lowest BCUT2D eigenvalue weighted by molar-refractivity contribution is -0.0952. The molecule has 0 amide bonds. The van der Waals surface area contributed by atoms with Gasteiger partial charge in [0.05, 0.1) is 11.2 Å². The zero-order valence-corrected chi connectivity index (χ0v) is 16.0. The number of rotatable bonds is 3. The van der Waals surface area contributed by atoms with Crippen molar-refractivity contribution < 1.29 is 9.47 Å². The summed E-state index contributed by atoms with van der Waals surface area (Å²) in [6.07, 6.45) is -0.636. The Hall–Kier alpha value is -2.63. The van der Waals surface area contributed by atoms with Crippen molar-refractivity contribution in [3.8, 4) is 22.8 Å². The fraction of sp³-hybridized carbons (Fsp3) is 0.318. The number of hydrogen-bond donors (Lipinski definition) is 0. The van der Waals surface area contributed by atoms with Gasteiger partial charge in [-0.3, -0.25) is 0 Å². The summed E-state index contributed by atoms with van der Waals surface area (Å²) < 4.78 is 12.3. The van der Waals surface area contributed by atoms with Gasteiger partial charge < -0.3 is 9.47 Å². The molecule has 0 bridgehead atoms. The van der Waals surface area contributed by atoms with Gasteiger partial charge in [0.15, 0.2) is 17.5 Å². The molecule has 0 spiro atoms. The second-order valence-corrected chi connectivity index (χ2v) is 7.66. The standard InChI is InChI=1S/C22H23N3O2/c1-21(2)22(3,4)27-20(26-21)19-24-17(15-11-7-5-8-12-15)23-18(25-19)16-13-9-6-10-14-16/h5-14,20H,1-4H3. The first-order valence-electron chi connectivity index (χ1n) is 9.08. The minimum Gasteiger partial charge on any atom is -0.337 e. The normalized spacial score (nSPS) is 18.5. The highest BCUT2D eigenvalue weighted by molar-refractivity contribution is 5.60. The van der Waals surface area contributed by atoms with Gasteiger partial charge in [-0.2, -0.15) is 0 Å². The molecule has 0 atom stereocenters. The van der Waals surface area contributed by atoms with E-state index in [1.807, 2.05) is 88.4 Å². The summed E-state index contributed by atoms with van der Waals surface area (Å²) in [6.45, 7) is 8.07. The van der Waals surface area contributed by atoms with Crippen LogP contribution in [0.1, 0.15) is 39.8 Å². The highest BCUT2D eigenvalue weighted by Crippen LogP contribution is 2.44. The quantitative estimate of drug-likeness (QED) is 0.670. The third-order valence-corrected chi connectivity index (χ3v) is 5.18. The van der Waals surface area contributed by atoms with Gasteiger partial charge in [0.1, 0.15) is 0 Å². The summed E-state index contributed by atoms with van der Waals surface area (Å²) >= 11 is 0. The molecule has 0 saturated carbocycles. The number of ether oxygens (including phenoxy) is 2. The molecular formula is C22H23N3O2. The van der Waals surface area contributed by atoms with Crippen LogP contribution in [0.3, 0.4) is 0 Å². The first-order valence-corrected chi connectivity index (χ1v) is 9.08. The predicted molar refractivity (Wildman–Crippen MR) is 104 cm³/mol. The van der Waals surface area contributed by atoms with E-state index in [0.29, 0.717) is 17.5 Å². The summed E-state index contributed by atoms with van der Waals surface area (Å²) in [6, 6.07) is 19.7. The van der Waals surface area contributed by atoms with Crippen LogP contribution in [0, 0.1) is 0 Å². The lowest BCUT2D eigenvalue weighted by Gasteiger charge is -2.30. The van der Waals surface area contributed by atoms with Gasteiger partial charge in [-0.15, -0.1) is 0 Å². The van der Waals surface area contributed by atoms with Crippen LogP contribution in [-0.4, -0.2) is 26.2 Å². The predicted octanol–water partition coefficient (Wildman–Crippen LogP) is 4.81. The lowest BCUT2D eigenvalue weighted by Crippen LogP contribution is -2.41. The molecule has 0 unspecified atom stereocenters. The molecule has 2 aromatic carbocycles. The van der Waals surface area contributed by atoms with E-state index < -0.39 is 17.5 Å². The van der Waals surface area contributed by atoms with Crippen molar-refractivity contribution in [2.45, 2.75) is 45.2 Å². The van der Waals surface area contributed by atoms with Gasteiger partial charge >= 0.3 is 0 Å². The molecule has 4 rings (SSSR count). The molecule has 0 radical (unpaired) electrons. The average molecular weight is 361 g/mol. The minimum absolute atomic E-state index is 0.454. The number of hydrogen-bond acceptors (Lipinski definition) is 5. The first-order chi connectivity index (χ1) is 12.9. The maximum atomic E-state index is 6.16. The Morgan fingerprint density at radius 3 is 1.44 bits per heavy atom. The van der Waals surface area contributed by atoms with E-state index in [1.54, 1.807) is 0 Å². The second kappa shape index (κ2) is 6.51. The van der Waals surface area contributed by atoms with Gasteiger partial charge in [-0.25, -0.2) is 15.0 Å². The first kappa shape index (κ1) is 17.8. The molecule has 1 aliphatic rings. The monoisotopic (exact) mass is 361 g/mol. The van der Waals surface area contributed by atoms with Gasteiger partial charge in [-0.1, -0.05) is 60.7 Å². The van der Waals surface area contributed by atoms with Crippen molar-refractivity contribution >= 4 is 0 Å². The van der Waals surface area contributed by atoms with Crippen molar-refractivity contribution in [1.82, 2.24) is 15.0 Å². The molecule has 0 aliphatic carbocycles. The van der Waals surface area contributed by atoms with Crippen LogP contribution < -0.4 is 0 Å². The summed E-state index contributed by atoms with van der Waals surface area (Å²) in [7, 11) is 0. The third kappa shape index (κ3) is 3.36. The topological polar surface area (TPSA) is 57.1 Å². The van der Waals surface area contributed by atoms with Gasteiger partial charge in [-0.05, 0) is 27.7 Å². The summed E-state index contributed by atoms with van der Waals surface area (Å²) in [4.78, 5) is 14.0. The largest absolute Gasteiger partial charge is 0.337 e. The molecule has 3 aromatic rings. The van der Waals surface area contributed by atoms with Crippen LogP contribution in [0.2, 0.25) is 0 Å². The molecule has 138 valence electrons. The molecule has 5 heteroatoms. The van der Waals surface area contributed by atoms with Crippen LogP contribution >= 0.6 is 0 Å². The van der Waals surface area contributed by atoms with Crippen LogP contribution in [0.25, 0.3) is 22.8 Å². The van der Waals surface area contributed by atoms with Gasteiger partial charge in [0.25, 0.3) is 0 Å². The summed E-state index contributed by atoms with van der Waals surface area (Å²) in [5.74, 6) is 1.70. The van der Waals surface area contributed by atoms with Crippen molar-refractivity contribution in [2.24, 2.45) is 0 Å². The summed E-state index contributed by atoms with van der Waals surface area (Å²) in [5.41, 5.74) is 0.943. The Labute approximate surface area is 159 Å². The van der Waals surface area contributed by atoms with Crippen LogP contribution in [0.4, 0.5) is 0 Å². The maximum absolute atomic E-state index is 6.16. The second-order valence-electron chi connectivity index (χ2n) is 7.66. The SMILES string of the molecule is CC1(C)OC(c2nc(-c3ccccc3)nc(-c3ccccc3)n2)OC1(C)C. The Morgan fingerprint density at radius 2 is 1.04 bits per heavy atom. The van der Waals surface area contributed by atoms with Gasteiger partial charge in [0, 0.05) is 11.1 Å². The molecule has 1 fully saturated rings. The lowest BCUT2D eigenvalue weighted by atomic mass is 9.90. The smallest absolute Gasteiger partial charge is 0.220 e. The van der Waals surface area contributed by atoms with E-state index in [9.17, 15) is 0 Å². The molecule has 1 aromatic heterocycles. The average Bonchev–Trinajstić information content (AvgIpc) is 2.90. The van der Waals surface area contributed by atoms with E-state index in [-0.39, 0.29) is 0 Å². The van der Waals surface area contributed by atoms with Crippen LogP contribution in [0.15, 0.2) is 60.7 Å². The van der Waals surface area contributed by atoms with E-state index in [1.165, 1.54) is 0 Å². The molecule has 27 heavy (non-hydrogen) atoms. The molecule has 1 aliphatic heterocycles. The minimum atomic E-state index is -0.636. The third-order valence-electron chi connectivity index (χ3n) is 5.18. The van der Waals surface area contributed by atoms with E-state index in [0.717, 1.165) is 11.1 Å². The maximum Gasteiger partial charge on any atom is 0.220 e.